The number of rotatable bonds is 8. The summed E-state index contributed by atoms with van der Waals surface area (Å²) in [5.74, 6) is -0.409. The molecule has 2 aromatic carbocycles. The van der Waals surface area contributed by atoms with Gasteiger partial charge >= 0.3 is 0 Å². The van der Waals surface area contributed by atoms with Crippen LogP contribution in [0.15, 0.2) is 54.6 Å². The molecule has 1 saturated heterocycles. The van der Waals surface area contributed by atoms with Gasteiger partial charge in [0.15, 0.2) is 0 Å². The average molecular weight is 357 g/mol. The molecule has 138 valence electrons. The molecule has 2 aromatic rings. The molecule has 4 nitrogen and oxygen atoms in total. The number of hydrogen-bond acceptors (Lipinski definition) is 3. The van der Waals surface area contributed by atoms with E-state index in [1.807, 2.05) is 36.4 Å². The van der Waals surface area contributed by atoms with Gasteiger partial charge in [-0.25, -0.2) is 4.39 Å². The summed E-state index contributed by atoms with van der Waals surface area (Å²) in [5.41, 5.74) is 1.79. The van der Waals surface area contributed by atoms with Crippen LogP contribution in [-0.2, 0) is 27.4 Å². The lowest BCUT2D eigenvalue weighted by Gasteiger charge is -2.25. The largest absolute Gasteiger partial charge is 0.376 e. The normalized spacial score (nSPS) is 16.6. The van der Waals surface area contributed by atoms with Crippen molar-refractivity contribution in [2.24, 2.45) is 0 Å². The number of carbonyl (C=O) groups is 1. The Morgan fingerprint density at radius 3 is 2.69 bits per heavy atom. The van der Waals surface area contributed by atoms with E-state index in [9.17, 15) is 9.18 Å². The third-order valence-corrected chi connectivity index (χ3v) is 4.40. The maximum Gasteiger partial charge on any atom is 0.248 e. The second kappa shape index (κ2) is 9.46. The number of hydrogen-bond donors (Lipinski definition) is 0. The SMILES string of the molecule is O=C(COCc1ccccc1)N(Cc1cccc(F)c1)CC1CCCO1. The van der Waals surface area contributed by atoms with Crippen LogP contribution in [0.1, 0.15) is 24.0 Å². The molecule has 0 saturated carbocycles. The van der Waals surface area contributed by atoms with Crippen molar-refractivity contribution < 1.29 is 18.7 Å². The summed E-state index contributed by atoms with van der Waals surface area (Å²) >= 11 is 0. The minimum absolute atomic E-state index is 0.00305. The number of amides is 1. The van der Waals surface area contributed by atoms with E-state index in [2.05, 4.69) is 0 Å². The molecule has 0 spiro atoms. The molecule has 0 radical (unpaired) electrons. The van der Waals surface area contributed by atoms with Gasteiger partial charge in [0.05, 0.1) is 12.7 Å². The van der Waals surface area contributed by atoms with E-state index in [0.717, 1.165) is 30.6 Å². The van der Waals surface area contributed by atoms with Crippen molar-refractivity contribution in [1.82, 2.24) is 4.90 Å². The second-order valence-corrected chi connectivity index (χ2v) is 6.52. The van der Waals surface area contributed by atoms with Crippen molar-refractivity contribution in [3.05, 3.63) is 71.5 Å². The third kappa shape index (κ3) is 5.64. The van der Waals surface area contributed by atoms with Crippen molar-refractivity contribution in [1.29, 1.82) is 0 Å². The Morgan fingerprint density at radius 1 is 1.15 bits per heavy atom. The van der Waals surface area contributed by atoms with Crippen molar-refractivity contribution >= 4 is 5.91 Å². The molecule has 1 aliphatic heterocycles. The third-order valence-electron chi connectivity index (χ3n) is 4.40. The lowest BCUT2D eigenvalue weighted by Crippen LogP contribution is -2.39. The van der Waals surface area contributed by atoms with Crippen LogP contribution in [0.25, 0.3) is 0 Å². The number of carbonyl (C=O) groups excluding carboxylic acids is 1. The highest BCUT2D eigenvalue weighted by Crippen LogP contribution is 2.16. The molecule has 1 heterocycles. The molecular formula is C21H24FNO3. The van der Waals surface area contributed by atoms with Gasteiger partial charge in [0.25, 0.3) is 0 Å². The van der Waals surface area contributed by atoms with Gasteiger partial charge < -0.3 is 14.4 Å². The van der Waals surface area contributed by atoms with Crippen LogP contribution >= 0.6 is 0 Å². The number of nitrogens with zero attached hydrogens (tertiary/aromatic N) is 1. The summed E-state index contributed by atoms with van der Waals surface area (Å²) in [6.07, 6.45) is 2.00. The zero-order chi connectivity index (χ0) is 18.2. The van der Waals surface area contributed by atoms with Crippen molar-refractivity contribution in [2.75, 3.05) is 19.8 Å². The van der Waals surface area contributed by atoms with Crippen LogP contribution < -0.4 is 0 Å². The number of benzene rings is 2. The van der Waals surface area contributed by atoms with E-state index in [-0.39, 0.29) is 24.4 Å². The molecule has 0 bridgehead atoms. The van der Waals surface area contributed by atoms with Gasteiger partial charge in [-0.15, -0.1) is 0 Å². The summed E-state index contributed by atoms with van der Waals surface area (Å²) in [6.45, 7) is 1.98. The van der Waals surface area contributed by atoms with Crippen molar-refractivity contribution in [3.63, 3.8) is 0 Å². The highest BCUT2D eigenvalue weighted by Gasteiger charge is 2.23. The molecule has 0 N–H and O–H groups in total. The first-order valence-electron chi connectivity index (χ1n) is 8.96. The van der Waals surface area contributed by atoms with E-state index < -0.39 is 0 Å². The van der Waals surface area contributed by atoms with Crippen LogP contribution in [0.5, 0.6) is 0 Å². The second-order valence-electron chi connectivity index (χ2n) is 6.52. The lowest BCUT2D eigenvalue weighted by atomic mass is 10.1. The van der Waals surface area contributed by atoms with Crippen LogP contribution in [0.3, 0.4) is 0 Å². The highest BCUT2D eigenvalue weighted by molar-refractivity contribution is 5.77. The quantitative estimate of drug-likeness (QED) is 0.725. The number of ether oxygens (including phenoxy) is 2. The van der Waals surface area contributed by atoms with Crippen molar-refractivity contribution in [3.8, 4) is 0 Å². The van der Waals surface area contributed by atoms with Gasteiger partial charge in [0, 0.05) is 19.7 Å². The Labute approximate surface area is 153 Å². The average Bonchev–Trinajstić information content (AvgIpc) is 3.15. The van der Waals surface area contributed by atoms with Crippen LogP contribution in [0, 0.1) is 5.82 Å². The van der Waals surface area contributed by atoms with Gasteiger partial charge in [0.1, 0.15) is 12.4 Å². The molecular weight excluding hydrogens is 333 g/mol. The fourth-order valence-corrected chi connectivity index (χ4v) is 3.07. The van der Waals surface area contributed by atoms with Crippen molar-refractivity contribution in [2.45, 2.75) is 32.1 Å². The summed E-state index contributed by atoms with van der Waals surface area (Å²) < 4.78 is 24.7. The summed E-state index contributed by atoms with van der Waals surface area (Å²) in [6, 6.07) is 16.1. The zero-order valence-electron chi connectivity index (χ0n) is 14.8. The standard InChI is InChI=1S/C21H24FNO3/c22-19-9-4-8-18(12-19)13-23(14-20-10-5-11-26-20)21(24)16-25-15-17-6-2-1-3-7-17/h1-4,6-9,12,20H,5,10-11,13-16H2. The molecule has 5 heteroatoms. The maximum atomic E-state index is 13.5. The van der Waals surface area contributed by atoms with E-state index in [1.54, 1.807) is 11.0 Å². The molecule has 1 aliphatic rings. The summed E-state index contributed by atoms with van der Waals surface area (Å²) in [5, 5.41) is 0. The molecule has 1 fully saturated rings. The Balaban J connectivity index is 1.58. The minimum atomic E-state index is -0.299. The lowest BCUT2D eigenvalue weighted by molar-refractivity contribution is -0.138. The molecule has 1 atom stereocenters. The number of halogens is 1. The van der Waals surface area contributed by atoms with Gasteiger partial charge in [-0.2, -0.15) is 0 Å². The van der Waals surface area contributed by atoms with E-state index in [4.69, 9.17) is 9.47 Å². The topological polar surface area (TPSA) is 38.8 Å². The van der Waals surface area contributed by atoms with Crippen LogP contribution in [0.2, 0.25) is 0 Å². The van der Waals surface area contributed by atoms with E-state index >= 15 is 0 Å². The monoisotopic (exact) mass is 357 g/mol. The first kappa shape index (κ1) is 18.5. The molecule has 3 rings (SSSR count). The maximum absolute atomic E-state index is 13.5. The Bertz CT molecular complexity index is 701. The predicted molar refractivity (Wildman–Crippen MR) is 96.9 cm³/mol. The van der Waals surface area contributed by atoms with E-state index in [1.165, 1.54) is 12.1 Å². The van der Waals surface area contributed by atoms with Gasteiger partial charge in [-0.1, -0.05) is 42.5 Å². The first-order valence-corrected chi connectivity index (χ1v) is 8.96. The Kier molecular flexibility index (Phi) is 6.75. The smallest absolute Gasteiger partial charge is 0.248 e. The summed E-state index contributed by atoms with van der Waals surface area (Å²) in [4.78, 5) is 14.4. The Morgan fingerprint density at radius 2 is 1.96 bits per heavy atom. The molecule has 1 unspecified atom stereocenters. The molecule has 0 aliphatic carbocycles. The van der Waals surface area contributed by atoms with Gasteiger partial charge in [-0.3, -0.25) is 4.79 Å². The molecule has 26 heavy (non-hydrogen) atoms. The zero-order valence-corrected chi connectivity index (χ0v) is 14.8. The molecule has 0 aromatic heterocycles. The summed E-state index contributed by atoms with van der Waals surface area (Å²) in [7, 11) is 0. The van der Waals surface area contributed by atoms with Crippen LogP contribution in [-0.4, -0.2) is 36.7 Å². The predicted octanol–water partition coefficient (Wildman–Crippen LogP) is 3.55. The fraction of sp³-hybridized carbons (Fsp3) is 0.381. The van der Waals surface area contributed by atoms with Gasteiger partial charge in [0.2, 0.25) is 5.91 Å². The first-order chi connectivity index (χ1) is 12.7. The fourth-order valence-electron chi connectivity index (χ4n) is 3.07. The Hall–Kier alpha value is -2.24. The highest BCUT2D eigenvalue weighted by atomic mass is 19.1. The van der Waals surface area contributed by atoms with E-state index in [0.29, 0.717) is 19.7 Å². The minimum Gasteiger partial charge on any atom is -0.376 e. The van der Waals surface area contributed by atoms with Gasteiger partial charge in [-0.05, 0) is 36.1 Å². The van der Waals surface area contributed by atoms with Crippen LogP contribution in [0.4, 0.5) is 4.39 Å². The molecule has 1 amide bonds.